The largest absolute Gasteiger partial charge is 0.487 e. The first-order valence-corrected chi connectivity index (χ1v) is 11.3. The summed E-state index contributed by atoms with van der Waals surface area (Å²) in [4.78, 5) is 21.4. The van der Waals surface area contributed by atoms with E-state index in [1.807, 2.05) is 54.6 Å². The maximum atomic E-state index is 12.4. The summed E-state index contributed by atoms with van der Waals surface area (Å²) in [7, 11) is 2.15. The SMILES string of the molecule is CN1CCN(c2ccccc2CNC(=O)/C=C/c2ccc(OCc3ccccn3)cc2)CC1. The molecule has 0 aliphatic carbocycles. The third kappa shape index (κ3) is 6.67. The van der Waals surface area contributed by atoms with Gasteiger partial charge in [-0.3, -0.25) is 9.78 Å². The molecule has 1 fully saturated rings. The predicted molar refractivity (Wildman–Crippen MR) is 132 cm³/mol. The number of rotatable bonds is 8. The zero-order valence-electron chi connectivity index (χ0n) is 19.0. The van der Waals surface area contributed by atoms with Gasteiger partial charge >= 0.3 is 0 Å². The molecule has 2 heterocycles. The molecule has 1 aliphatic rings. The number of piperazine rings is 1. The second-order valence-corrected chi connectivity index (χ2v) is 8.15. The molecule has 1 saturated heterocycles. The third-order valence-corrected chi connectivity index (χ3v) is 5.71. The Bertz CT molecular complexity index is 1060. The number of anilines is 1. The lowest BCUT2D eigenvalue weighted by molar-refractivity contribution is -0.116. The van der Waals surface area contributed by atoms with E-state index in [0.717, 1.165) is 48.7 Å². The molecule has 2 aromatic carbocycles. The van der Waals surface area contributed by atoms with Gasteiger partial charge in [0.05, 0.1) is 5.69 Å². The molecule has 3 aromatic rings. The minimum atomic E-state index is -0.112. The highest BCUT2D eigenvalue weighted by molar-refractivity contribution is 5.91. The lowest BCUT2D eigenvalue weighted by atomic mass is 10.1. The van der Waals surface area contributed by atoms with Crippen LogP contribution in [0.2, 0.25) is 0 Å². The molecule has 1 N–H and O–H groups in total. The summed E-state index contributed by atoms with van der Waals surface area (Å²) in [5.74, 6) is 0.654. The monoisotopic (exact) mass is 442 g/mol. The Hall–Kier alpha value is -3.64. The van der Waals surface area contributed by atoms with E-state index < -0.39 is 0 Å². The van der Waals surface area contributed by atoms with E-state index in [-0.39, 0.29) is 5.91 Å². The molecule has 1 aliphatic heterocycles. The van der Waals surface area contributed by atoms with Crippen LogP contribution in [0.15, 0.2) is 79.0 Å². The zero-order chi connectivity index (χ0) is 22.9. The number of nitrogens with one attached hydrogen (secondary N) is 1. The lowest BCUT2D eigenvalue weighted by Crippen LogP contribution is -2.45. The van der Waals surface area contributed by atoms with E-state index in [2.05, 4.69) is 45.3 Å². The van der Waals surface area contributed by atoms with Crippen LogP contribution in [0.25, 0.3) is 6.08 Å². The number of carbonyl (C=O) groups excluding carboxylic acids is 1. The molecule has 0 bridgehead atoms. The van der Waals surface area contributed by atoms with Gasteiger partial charge < -0.3 is 19.9 Å². The summed E-state index contributed by atoms with van der Waals surface area (Å²) < 4.78 is 5.75. The molecule has 0 saturated carbocycles. The summed E-state index contributed by atoms with van der Waals surface area (Å²) in [6.45, 7) is 5.04. The van der Waals surface area contributed by atoms with E-state index in [4.69, 9.17) is 4.74 Å². The van der Waals surface area contributed by atoms with Gasteiger partial charge in [-0.15, -0.1) is 0 Å². The topological polar surface area (TPSA) is 57.7 Å². The Labute approximate surface area is 195 Å². The van der Waals surface area contributed by atoms with Crippen molar-refractivity contribution in [2.75, 3.05) is 38.1 Å². The van der Waals surface area contributed by atoms with Crippen LogP contribution in [0.1, 0.15) is 16.8 Å². The Kier molecular flexibility index (Phi) is 7.72. The van der Waals surface area contributed by atoms with Gasteiger partial charge in [0.15, 0.2) is 0 Å². The van der Waals surface area contributed by atoms with Crippen LogP contribution < -0.4 is 15.0 Å². The zero-order valence-corrected chi connectivity index (χ0v) is 19.0. The minimum Gasteiger partial charge on any atom is -0.487 e. The summed E-state index contributed by atoms with van der Waals surface area (Å²) in [5, 5.41) is 3.01. The predicted octanol–water partition coefficient (Wildman–Crippen LogP) is 3.74. The fourth-order valence-electron chi connectivity index (χ4n) is 3.75. The molecule has 0 atom stereocenters. The first-order chi connectivity index (χ1) is 16.2. The number of nitrogens with zero attached hydrogens (tertiary/aromatic N) is 3. The van der Waals surface area contributed by atoms with Crippen molar-refractivity contribution in [1.29, 1.82) is 0 Å². The number of hydrogen-bond donors (Lipinski definition) is 1. The lowest BCUT2D eigenvalue weighted by Gasteiger charge is -2.35. The fourth-order valence-corrected chi connectivity index (χ4v) is 3.75. The Morgan fingerprint density at radius 2 is 1.76 bits per heavy atom. The second kappa shape index (κ2) is 11.3. The van der Waals surface area contributed by atoms with Crippen molar-refractivity contribution in [3.8, 4) is 5.75 Å². The number of aromatic nitrogens is 1. The molecule has 1 aromatic heterocycles. The maximum absolute atomic E-state index is 12.4. The van der Waals surface area contributed by atoms with Crippen molar-refractivity contribution >= 4 is 17.7 Å². The number of pyridine rings is 1. The van der Waals surface area contributed by atoms with Crippen LogP contribution in [-0.2, 0) is 17.9 Å². The minimum absolute atomic E-state index is 0.112. The second-order valence-electron chi connectivity index (χ2n) is 8.15. The number of benzene rings is 2. The molecule has 4 rings (SSSR count). The van der Waals surface area contributed by atoms with Crippen LogP contribution in [0.5, 0.6) is 5.75 Å². The molecule has 6 heteroatoms. The average Bonchev–Trinajstić information content (AvgIpc) is 2.87. The van der Waals surface area contributed by atoms with Crippen LogP contribution in [0, 0.1) is 0 Å². The molecular formula is C27H30N4O2. The normalized spacial score (nSPS) is 14.4. The van der Waals surface area contributed by atoms with Gasteiger partial charge in [0.25, 0.3) is 0 Å². The number of likely N-dealkylation sites (N-methyl/N-ethyl adjacent to an activating group) is 1. The Morgan fingerprint density at radius 1 is 1.00 bits per heavy atom. The first kappa shape index (κ1) is 22.6. The molecule has 0 spiro atoms. The maximum Gasteiger partial charge on any atom is 0.244 e. The highest BCUT2D eigenvalue weighted by Crippen LogP contribution is 2.21. The Morgan fingerprint density at radius 3 is 2.52 bits per heavy atom. The number of para-hydroxylation sites is 1. The average molecular weight is 443 g/mol. The van der Waals surface area contributed by atoms with Gasteiger partial charge in [0.2, 0.25) is 5.91 Å². The number of carbonyl (C=O) groups is 1. The van der Waals surface area contributed by atoms with E-state index in [1.165, 1.54) is 5.69 Å². The van der Waals surface area contributed by atoms with Gasteiger partial charge in [0.1, 0.15) is 12.4 Å². The highest BCUT2D eigenvalue weighted by Gasteiger charge is 2.16. The Balaban J connectivity index is 1.27. The van der Waals surface area contributed by atoms with E-state index in [9.17, 15) is 4.79 Å². The van der Waals surface area contributed by atoms with Crippen LogP contribution in [0.4, 0.5) is 5.69 Å². The number of ether oxygens (including phenoxy) is 1. The van der Waals surface area contributed by atoms with Gasteiger partial charge in [-0.25, -0.2) is 0 Å². The van der Waals surface area contributed by atoms with Crippen LogP contribution >= 0.6 is 0 Å². The standard InChI is InChI=1S/C27H30N4O2/c1-30-16-18-31(19-17-30)26-8-3-2-6-23(26)20-29-27(32)14-11-22-9-12-25(13-10-22)33-21-24-7-4-5-15-28-24/h2-15H,16-21H2,1H3,(H,29,32)/b14-11+. The van der Waals surface area contributed by atoms with Crippen molar-refractivity contribution in [3.05, 3.63) is 95.8 Å². The van der Waals surface area contributed by atoms with Gasteiger partial charge in [-0.1, -0.05) is 36.4 Å². The molecule has 170 valence electrons. The molecular weight excluding hydrogens is 412 g/mol. The number of hydrogen-bond acceptors (Lipinski definition) is 5. The molecule has 0 unspecified atom stereocenters. The quantitative estimate of drug-likeness (QED) is 0.539. The van der Waals surface area contributed by atoms with Gasteiger partial charge in [0, 0.05) is 50.7 Å². The molecule has 1 amide bonds. The number of amides is 1. The van der Waals surface area contributed by atoms with Crippen molar-refractivity contribution in [2.24, 2.45) is 0 Å². The summed E-state index contributed by atoms with van der Waals surface area (Å²) in [6.07, 6.45) is 5.13. The third-order valence-electron chi connectivity index (χ3n) is 5.71. The van der Waals surface area contributed by atoms with E-state index >= 15 is 0 Å². The van der Waals surface area contributed by atoms with E-state index in [0.29, 0.717) is 13.2 Å². The molecule has 6 nitrogen and oxygen atoms in total. The van der Waals surface area contributed by atoms with Crippen LogP contribution in [-0.4, -0.2) is 49.0 Å². The van der Waals surface area contributed by atoms with Crippen molar-refractivity contribution in [3.63, 3.8) is 0 Å². The van der Waals surface area contributed by atoms with Crippen molar-refractivity contribution in [1.82, 2.24) is 15.2 Å². The molecule has 33 heavy (non-hydrogen) atoms. The molecule has 0 radical (unpaired) electrons. The van der Waals surface area contributed by atoms with Gasteiger partial charge in [-0.2, -0.15) is 0 Å². The van der Waals surface area contributed by atoms with E-state index in [1.54, 1.807) is 12.3 Å². The van der Waals surface area contributed by atoms with Crippen molar-refractivity contribution < 1.29 is 9.53 Å². The van der Waals surface area contributed by atoms with Crippen molar-refractivity contribution in [2.45, 2.75) is 13.2 Å². The smallest absolute Gasteiger partial charge is 0.244 e. The van der Waals surface area contributed by atoms with Crippen LogP contribution in [0.3, 0.4) is 0 Å². The highest BCUT2D eigenvalue weighted by atomic mass is 16.5. The summed E-state index contributed by atoms with van der Waals surface area (Å²) >= 11 is 0. The summed E-state index contributed by atoms with van der Waals surface area (Å²) in [6, 6.07) is 21.7. The fraction of sp³-hybridized carbons (Fsp3) is 0.259. The first-order valence-electron chi connectivity index (χ1n) is 11.3. The van der Waals surface area contributed by atoms with Gasteiger partial charge in [-0.05, 0) is 54.6 Å². The summed E-state index contributed by atoms with van der Waals surface area (Å²) in [5.41, 5.74) is 4.16.